The highest BCUT2D eigenvalue weighted by atomic mass is 16.7. The molecule has 0 N–H and O–H groups in total. The van der Waals surface area contributed by atoms with Crippen LogP contribution in [-0.2, 0) is 19.8 Å². The predicted octanol–water partition coefficient (Wildman–Crippen LogP) is 3.75. The molecule has 20 heavy (non-hydrogen) atoms. The summed E-state index contributed by atoms with van der Waals surface area (Å²) in [7, 11) is 0. The van der Waals surface area contributed by atoms with Crippen molar-refractivity contribution in [3.05, 3.63) is 35.9 Å². The number of ether oxygens (including phenoxy) is 3. The van der Waals surface area contributed by atoms with Gasteiger partial charge in [0.15, 0.2) is 5.60 Å². The van der Waals surface area contributed by atoms with Crippen LogP contribution in [-0.4, -0.2) is 26.0 Å². The first-order chi connectivity index (χ1) is 9.48. The second-order valence-electron chi connectivity index (χ2n) is 5.29. The first-order valence-electron chi connectivity index (χ1n) is 6.97. The Bertz CT molecular complexity index is 402. The highest BCUT2D eigenvalue weighted by molar-refractivity contribution is 5.61. The van der Waals surface area contributed by atoms with E-state index in [0.29, 0.717) is 19.1 Å². The fraction of sp³-hybridized carbons (Fsp3) is 0.562. The van der Waals surface area contributed by atoms with E-state index in [4.69, 9.17) is 14.2 Å². The van der Waals surface area contributed by atoms with Crippen LogP contribution in [0.2, 0.25) is 0 Å². The highest BCUT2D eigenvalue weighted by Crippen LogP contribution is 2.26. The number of carbonyl (C=O) groups excluding carboxylic acids is 1. The van der Waals surface area contributed by atoms with Crippen molar-refractivity contribution in [3.63, 3.8) is 0 Å². The van der Waals surface area contributed by atoms with Crippen LogP contribution in [0.25, 0.3) is 0 Å². The molecule has 112 valence electrons. The first-order valence-corrected chi connectivity index (χ1v) is 6.97. The smallest absolute Gasteiger partial charge is 0.435 e. The van der Waals surface area contributed by atoms with E-state index in [9.17, 15) is 4.79 Å². The molecule has 1 atom stereocenters. The van der Waals surface area contributed by atoms with Gasteiger partial charge in [-0.2, -0.15) is 0 Å². The molecule has 0 amide bonds. The fourth-order valence-electron chi connectivity index (χ4n) is 1.78. The summed E-state index contributed by atoms with van der Waals surface area (Å²) in [6, 6.07) is 9.56. The molecule has 1 rings (SSSR count). The van der Waals surface area contributed by atoms with E-state index < -0.39 is 11.8 Å². The van der Waals surface area contributed by atoms with Gasteiger partial charge in [0.05, 0.1) is 13.2 Å². The lowest BCUT2D eigenvalue weighted by atomic mass is 9.97. The molecule has 4 nitrogen and oxygen atoms in total. The Morgan fingerprint density at radius 3 is 2.45 bits per heavy atom. The van der Waals surface area contributed by atoms with E-state index in [-0.39, 0.29) is 6.61 Å². The predicted molar refractivity (Wildman–Crippen MR) is 77.6 cm³/mol. The lowest BCUT2D eigenvalue weighted by Gasteiger charge is -2.29. The molecule has 1 aromatic rings. The van der Waals surface area contributed by atoms with Crippen molar-refractivity contribution < 1.29 is 19.0 Å². The molecule has 4 heteroatoms. The van der Waals surface area contributed by atoms with Crippen molar-refractivity contribution in [2.24, 2.45) is 5.92 Å². The monoisotopic (exact) mass is 280 g/mol. The van der Waals surface area contributed by atoms with Crippen LogP contribution in [0.1, 0.15) is 33.3 Å². The third-order valence-corrected chi connectivity index (χ3v) is 2.78. The third kappa shape index (κ3) is 5.21. The summed E-state index contributed by atoms with van der Waals surface area (Å²) < 4.78 is 16.0. The van der Waals surface area contributed by atoms with Crippen LogP contribution < -0.4 is 0 Å². The largest absolute Gasteiger partial charge is 0.509 e. The maximum atomic E-state index is 11.6. The Hall–Kier alpha value is -1.55. The van der Waals surface area contributed by atoms with Gasteiger partial charge >= 0.3 is 6.16 Å². The van der Waals surface area contributed by atoms with Crippen LogP contribution >= 0.6 is 0 Å². The van der Waals surface area contributed by atoms with E-state index in [2.05, 4.69) is 13.8 Å². The Balaban J connectivity index is 2.79. The quantitative estimate of drug-likeness (QED) is 0.714. The average Bonchev–Trinajstić information content (AvgIpc) is 2.39. The zero-order valence-corrected chi connectivity index (χ0v) is 12.7. The molecule has 0 radical (unpaired) electrons. The fourth-order valence-corrected chi connectivity index (χ4v) is 1.78. The Kier molecular flexibility index (Phi) is 6.52. The maximum absolute atomic E-state index is 11.6. The second-order valence-corrected chi connectivity index (χ2v) is 5.29. The summed E-state index contributed by atoms with van der Waals surface area (Å²) in [6.07, 6.45) is -0.674. The molecule has 1 unspecified atom stereocenters. The number of carbonyl (C=O) groups is 1. The summed E-state index contributed by atoms with van der Waals surface area (Å²) >= 11 is 0. The minimum absolute atomic E-state index is 0.288. The zero-order chi connectivity index (χ0) is 15.0. The number of benzene rings is 1. The van der Waals surface area contributed by atoms with Crippen LogP contribution in [0.4, 0.5) is 4.79 Å². The summed E-state index contributed by atoms with van der Waals surface area (Å²) in [6.45, 7) is 8.94. The zero-order valence-electron chi connectivity index (χ0n) is 12.7. The molecule has 0 heterocycles. The average molecular weight is 280 g/mol. The SMILES string of the molecule is CCOC(=O)OC(C)(COCC(C)C)c1ccccc1. The molecule has 0 aliphatic rings. The van der Waals surface area contributed by atoms with Gasteiger partial charge in [0.2, 0.25) is 0 Å². The van der Waals surface area contributed by atoms with Crippen LogP contribution in [0, 0.1) is 5.92 Å². The van der Waals surface area contributed by atoms with Crippen LogP contribution in [0.15, 0.2) is 30.3 Å². The topological polar surface area (TPSA) is 44.8 Å². The molecule has 0 saturated heterocycles. The van der Waals surface area contributed by atoms with E-state index in [1.807, 2.05) is 37.3 Å². The lowest BCUT2D eigenvalue weighted by Crippen LogP contribution is -2.35. The first kappa shape index (κ1) is 16.5. The molecule has 1 aromatic carbocycles. The van der Waals surface area contributed by atoms with E-state index in [1.165, 1.54) is 0 Å². The molecule has 0 aliphatic carbocycles. The van der Waals surface area contributed by atoms with Crippen LogP contribution in [0.3, 0.4) is 0 Å². The molecule has 0 bridgehead atoms. The molecular formula is C16H24O4. The van der Waals surface area contributed by atoms with E-state index in [0.717, 1.165) is 5.56 Å². The van der Waals surface area contributed by atoms with Gasteiger partial charge in [-0.3, -0.25) is 0 Å². The van der Waals surface area contributed by atoms with Gasteiger partial charge in [-0.1, -0.05) is 44.2 Å². The molecule has 0 fully saturated rings. The van der Waals surface area contributed by atoms with Crippen molar-refractivity contribution in [2.75, 3.05) is 19.8 Å². The minimum Gasteiger partial charge on any atom is -0.435 e. The lowest BCUT2D eigenvalue weighted by molar-refractivity contribution is -0.0779. The Morgan fingerprint density at radius 2 is 1.90 bits per heavy atom. The van der Waals surface area contributed by atoms with Crippen molar-refractivity contribution in [2.45, 2.75) is 33.3 Å². The number of rotatable bonds is 7. The Morgan fingerprint density at radius 1 is 1.25 bits per heavy atom. The maximum Gasteiger partial charge on any atom is 0.509 e. The summed E-state index contributed by atoms with van der Waals surface area (Å²) in [5, 5.41) is 0. The summed E-state index contributed by atoms with van der Waals surface area (Å²) in [5.74, 6) is 0.428. The van der Waals surface area contributed by atoms with Crippen molar-refractivity contribution in [1.82, 2.24) is 0 Å². The van der Waals surface area contributed by atoms with Crippen molar-refractivity contribution in [1.29, 1.82) is 0 Å². The molecule has 0 aromatic heterocycles. The molecule has 0 saturated carbocycles. The minimum atomic E-state index is -0.845. The van der Waals surface area contributed by atoms with Gasteiger partial charge in [-0.05, 0) is 25.3 Å². The van der Waals surface area contributed by atoms with Gasteiger partial charge in [0, 0.05) is 6.61 Å². The second kappa shape index (κ2) is 7.90. The summed E-state index contributed by atoms with van der Waals surface area (Å²) in [4.78, 5) is 11.6. The third-order valence-electron chi connectivity index (χ3n) is 2.78. The van der Waals surface area contributed by atoms with Gasteiger partial charge in [-0.15, -0.1) is 0 Å². The van der Waals surface area contributed by atoms with Gasteiger partial charge in [0.25, 0.3) is 0 Å². The van der Waals surface area contributed by atoms with Gasteiger partial charge in [0.1, 0.15) is 0 Å². The van der Waals surface area contributed by atoms with Crippen molar-refractivity contribution in [3.8, 4) is 0 Å². The standard InChI is InChI=1S/C16H24O4/c1-5-19-15(17)20-16(4,12-18-11-13(2)3)14-9-7-6-8-10-14/h6-10,13H,5,11-12H2,1-4H3. The number of hydrogen-bond acceptors (Lipinski definition) is 4. The van der Waals surface area contributed by atoms with E-state index >= 15 is 0 Å². The molecule has 0 aliphatic heterocycles. The van der Waals surface area contributed by atoms with Gasteiger partial charge < -0.3 is 14.2 Å². The molecular weight excluding hydrogens is 256 g/mol. The normalized spacial score (nSPS) is 13.8. The summed E-state index contributed by atoms with van der Waals surface area (Å²) in [5.41, 5.74) is 0.0411. The van der Waals surface area contributed by atoms with Crippen LogP contribution in [0.5, 0.6) is 0 Å². The van der Waals surface area contributed by atoms with E-state index in [1.54, 1.807) is 6.92 Å². The van der Waals surface area contributed by atoms with Crippen molar-refractivity contribution >= 4 is 6.16 Å². The number of hydrogen-bond donors (Lipinski definition) is 0. The highest BCUT2D eigenvalue weighted by Gasteiger charge is 2.32. The molecule has 0 spiro atoms. The van der Waals surface area contributed by atoms with Gasteiger partial charge in [-0.25, -0.2) is 4.79 Å². The Labute approximate surface area is 121 Å².